The van der Waals surface area contributed by atoms with Gasteiger partial charge in [-0.1, -0.05) is 12.1 Å². The third-order valence-corrected chi connectivity index (χ3v) is 2.83. The van der Waals surface area contributed by atoms with E-state index >= 15 is 0 Å². The van der Waals surface area contributed by atoms with E-state index in [9.17, 15) is 4.79 Å². The highest BCUT2D eigenvalue weighted by atomic mass is 16.5. The molecule has 1 unspecified atom stereocenters. The molecule has 0 saturated carbocycles. The Kier molecular flexibility index (Phi) is 8.69. The number of hydrogen-bond donors (Lipinski definition) is 2. The number of hydrogen-bond acceptors (Lipinski definition) is 5. The maximum absolute atomic E-state index is 11.8. The van der Waals surface area contributed by atoms with Crippen molar-refractivity contribution in [2.24, 2.45) is 5.73 Å². The van der Waals surface area contributed by atoms with Crippen molar-refractivity contribution in [3.05, 3.63) is 29.8 Å². The highest BCUT2D eigenvalue weighted by Crippen LogP contribution is 2.12. The zero-order valence-electron chi connectivity index (χ0n) is 13.5. The van der Waals surface area contributed by atoms with E-state index in [0.29, 0.717) is 25.5 Å². The van der Waals surface area contributed by atoms with Crippen molar-refractivity contribution in [2.45, 2.75) is 32.6 Å². The van der Waals surface area contributed by atoms with E-state index in [4.69, 9.17) is 19.9 Å². The van der Waals surface area contributed by atoms with Crippen LogP contribution in [0.5, 0.6) is 0 Å². The molecule has 0 saturated heterocycles. The quantitative estimate of drug-likeness (QED) is 0.641. The molecule has 0 radical (unpaired) electrons. The predicted octanol–water partition coefficient (Wildman–Crippen LogP) is 1.54. The summed E-state index contributed by atoms with van der Waals surface area (Å²) >= 11 is 0. The standard InChI is InChI=1S/C16H26N2O4/c1-12(2)22-8-7-21-10-13-5-4-6-14(9-13)18-16(19)15(17)11-20-3/h4-6,9,12,15H,7-8,10-11,17H2,1-3H3,(H,18,19). The molecule has 3 N–H and O–H groups in total. The van der Waals surface area contributed by atoms with Crippen molar-refractivity contribution in [3.63, 3.8) is 0 Å². The molecule has 22 heavy (non-hydrogen) atoms. The normalized spacial score (nSPS) is 12.4. The van der Waals surface area contributed by atoms with E-state index < -0.39 is 6.04 Å². The molecule has 6 heteroatoms. The second-order valence-electron chi connectivity index (χ2n) is 5.22. The number of carbonyl (C=O) groups is 1. The number of carbonyl (C=O) groups excluding carboxylic acids is 1. The summed E-state index contributed by atoms with van der Waals surface area (Å²) in [4.78, 5) is 11.8. The Morgan fingerprint density at radius 2 is 2.09 bits per heavy atom. The Labute approximate surface area is 131 Å². The minimum atomic E-state index is -0.682. The Morgan fingerprint density at radius 3 is 2.77 bits per heavy atom. The first kappa shape index (κ1) is 18.6. The second kappa shape index (κ2) is 10.3. The van der Waals surface area contributed by atoms with E-state index in [-0.39, 0.29) is 18.6 Å². The maximum atomic E-state index is 11.8. The zero-order valence-corrected chi connectivity index (χ0v) is 13.5. The third-order valence-electron chi connectivity index (χ3n) is 2.83. The van der Waals surface area contributed by atoms with Gasteiger partial charge in [-0.15, -0.1) is 0 Å². The number of benzene rings is 1. The Hall–Kier alpha value is -1.47. The Morgan fingerprint density at radius 1 is 1.32 bits per heavy atom. The molecule has 0 fully saturated rings. The summed E-state index contributed by atoms with van der Waals surface area (Å²) in [5, 5.41) is 2.76. The van der Waals surface area contributed by atoms with Gasteiger partial charge in [0, 0.05) is 12.8 Å². The van der Waals surface area contributed by atoms with Gasteiger partial charge in [0.1, 0.15) is 6.04 Å². The van der Waals surface area contributed by atoms with Gasteiger partial charge in [0.15, 0.2) is 0 Å². The van der Waals surface area contributed by atoms with Crippen LogP contribution in [-0.2, 0) is 25.6 Å². The van der Waals surface area contributed by atoms with Crippen LogP contribution in [0.4, 0.5) is 5.69 Å². The van der Waals surface area contributed by atoms with E-state index in [1.807, 2.05) is 38.1 Å². The van der Waals surface area contributed by atoms with Gasteiger partial charge in [-0.25, -0.2) is 0 Å². The fraction of sp³-hybridized carbons (Fsp3) is 0.562. The van der Waals surface area contributed by atoms with Crippen LogP contribution >= 0.6 is 0 Å². The Balaban J connectivity index is 2.40. The highest BCUT2D eigenvalue weighted by Gasteiger charge is 2.13. The zero-order chi connectivity index (χ0) is 16.4. The first-order chi connectivity index (χ1) is 10.5. The first-order valence-electron chi connectivity index (χ1n) is 7.36. The molecular formula is C16H26N2O4. The lowest BCUT2D eigenvalue weighted by Gasteiger charge is -2.12. The molecule has 6 nitrogen and oxygen atoms in total. The predicted molar refractivity (Wildman–Crippen MR) is 85.7 cm³/mol. The smallest absolute Gasteiger partial charge is 0.243 e. The number of methoxy groups -OCH3 is 1. The highest BCUT2D eigenvalue weighted by molar-refractivity contribution is 5.94. The molecule has 1 aromatic rings. The number of amides is 1. The molecule has 1 amide bonds. The van der Waals surface area contributed by atoms with Crippen LogP contribution in [0.3, 0.4) is 0 Å². The summed E-state index contributed by atoms with van der Waals surface area (Å²) < 4.78 is 15.8. The van der Waals surface area contributed by atoms with Crippen LogP contribution in [0.25, 0.3) is 0 Å². The molecule has 1 aromatic carbocycles. The number of rotatable bonds is 10. The van der Waals surface area contributed by atoms with Gasteiger partial charge in [-0.2, -0.15) is 0 Å². The molecule has 1 rings (SSSR count). The summed E-state index contributed by atoms with van der Waals surface area (Å²) in [6.07, 6.45) is 0.207. The number of ether oxygens (including phenoxy) is 3. The van der Waals surface area contributed by atoms with Gasteiger partial charge in [-0.05, 0) is 31.5 Å². The average Bonchev–Trinajstić information content (AvgIpc) is 2.47. The topological polar surface area (TPSA) is 82.8 Å². The minimum absolute atomic E-state index is 0.185. The largest absolute Gasteiger partial charge is 0.383 e. The Bertz CT molecular complexity index is 452. The van der Waals surface area contributed by atoms with Gasteiger partial charge >= 0.3 is 0 Å². The van der Waals surface area contributed by atoms with Gasteiger partial charge in [0.25, 0.3) is 0 Å². The van der Waals surface area contributed by atoms with Crippen molar-refractivity contribution in [3.8, 4) is 0 Å². The summed E-state index contributed by atoms with van der Waals surface area (Å²) in [6.45, 7) is 5.73. The van der Waals surface area contributed by atoms with Crippen LogP contribution in [0.15, 0.2) is 24.3 Å². The van der Waals surface area contributed by atoms with E-state index in [1.54, 1.807) is 0 Å². The molecule has 0 aromatic heterocycles. The lowest BCUT2D eigenvalue weighted by atomic mass is 10.2. The van der Waals surface area contributed by atoms with Gasteiger partial charge in [0.2, 0.25) is 5.91 Å². The maximum Gasteiger partial charge on any atom is 0.243 e. The van der Waals surface area contributed by atoms with Crippen LogP contribution in [0.2, 0.25) is 0 Å². The van der Waals surface area contributed by atoms with Crippen LogP contribution in [-0.4, -0.2) is 45.0 Å². The van der Waals surface area contributed by atoms with Gasteiger partial charge in [-0.3, -0.25) is 4.79 Å². The van der Waals surface area contributed by atoms with Crippen molar-refractivity contribution in [1.29, 1.82) is 0 Å². The molecule has 0 bridgehead atoms. The fourth-order valence-corrected chi connectivity index (χ4v) is 1.76. The molecule has 0 aliphatic rings. The average molecular weight is 310 g/mol. The lowest BCUT2D eigenvalue weighted by Crippen LogP contribution is -2.39. The van der Waals surface area contributed by atoms with Crippen molar-refractivity contribution < 1.29 is 19.0 Å². The first-order valence-corrected chi connectivity index (χ1v) is 7.36. The molecular weight excluding hydrogens is 284 g/mol. The van der Waals surface area contributed by atoms with Gasteiger partial charge < -0.3 is 25.3 Å². The molecule has 1 atom stereocenters. The molecule has 0 heterocycles. The molecule has 0 spiro atoms. The van der Waals surface area contributed by atoms with Crippen LogP contribution < -0.4 is 11.1 Å². The summed E-state index contributed by atoms with van der Waals surface area (Å²) in [5.41, 5.74) is 7.34. The number of nitrogens with two attached hydrogens (primary N) is 1. The van der Waals surface area contributed by atoms with Crippen molar-refractivity contribution in [1.82, 2.24) is 0 Å². The molecule has 124 valence electrons. The van der Waals surface area contributed by atoms with Crippen molar-refractivity contribution in [2.75, 3.05) is 32.2 Å². The monoisotopic (exact) mass is 310 g/mol. The van der Waals surface area contributed by atoms with E-state index in [2.05, 4.69) is 5.32 Å². The molecule has 0 aliphatic heterocycles. The third kappa shape index (κ3) is 7.51. The fourth-order valence-electron chi connectivity index (χ4n) is 1.76. The van der Waals surface area contributed by atoms with Crippen molar-refractivity contribution >= 4 is 11.6 Å². The van der Waals surface area contributed by atoms with E-state index in [0.717, 1.165) is 5.56 Å². The summed E-state index contributed by atoms with van der Waals surface area (Å²) in [5.74, 6) is -0.273. The summed E-state index contributed by atoms with van der Waals surface area (Å²) in [7, 11) is 1.51. The van der Waals surface area contributed by atoms with Gasteiger partial charge in [0.05, 0.1) is 32.5 Å². The molecule has 0 aliphatic carbocycles. The summed E-state index contributed by atoms with van der Waals surface area (Å²) in [6, 6.07) is 6.79. The number of nitrogens with one attached hydrogen (secondary N) is 1. The van der Waals surface area contributed by atoms with E-state index in [1.165, 1.54) is 7.11 Å². The minimum Gasteiger partial charge on any atom is -0.383 e. The lowest BCUT2D eigenvalue weighted by molar-refractivity contribution is -0.118. The number of anilines is 1. The van der Waals surface area contributed by atoms with Crippen LogP contribution in [0.1, 0.15) is 19.4 Å². The van der Waals surface area contributed by atoms with Crippen LogP contribution in [0, 0.1) is 0 Å². The SMILES string of the molecule is COCC(N)C(=O)Nc1cccc(COCCOC(C)C)c1. The second-order valence-corrected chi connectivity index (χ2v) is 5.22.